The average Bonchev–Trinajstić information content (AvgIpc) is 2.38. The maximum Gasteiger partial charge on any atom is 0.270 e. The minimum Gasteiger partial charge on any atom is -0.372 e. The van der Waals surface area contributed by atoms with Crippen molar-refractivity contribution in [3.63, 3.8) is 0 Å². The van der Waals surface area contributed by atoms with Crippen molar-refractivity contribution in [3.05, 3.63) is 17.1 Å². The Morgan fingerprint density at radius 1 is 1.25 bits per heavy atom. The molecule has 0 unspecified atom stereocenters. The summed E-state index contributed by atoms with van der Waals surface area (Å²) in [4.78, 5) is 23.1. The summed E-state index contributed by atoms with van der Waals surface area (Å²) in [5.74, 6) is 1.46. The molecule has 1 saturated heterocycles. The molecule has 1 amide bonds. The van der Waals surface area contributed by atoms with Gasteiger partial charge in [0.1, 0.15) is 17.3 Å². The minimum atomic E-state index is -0.0904. The van der Waals surface area contributed by atoms with Crippen molar-refractivity contribution < 1.29 is 9.53 Å². The third kappa shape index (κ3) is 2.35. The molecule has 2 atom stereocenters. The van der Waals surface area contributed by atoms with E-state index >= 15 is 0 Å². The van der Waals surface area contributed by atoms with Gasteiger partial charge in [-0.05, 0) is 27.2 Å². The van der Waals surface area contributed by atoms with Crippen LogP contribution in [0.3, 0.4) is 0 Å². The lowest BCUT2D eigenvalue weighted by Crippen LogP contribution is -2.47. The van der Waals surface area contributed by atoms with E-state index in [1.54, 1.807) is 0 Å². The lowest BCUT2D eigenvalue weighted by Gasteiger charge is -2.37. The summed E-state index contributed by atoms with van der Waals surface area (Å²) >= 11 is 0. The van der Waals surface area contributed by atoms with Gasteiger partial charge in [-0.25, -0.2) is 9.97 Å². The summed E-state index contributed by atoms with van der Waals surface area (Å²) in [6.07, 6.45) is 1.13. The fourth-order valence-corrected chi connectivity index (χ4v) is 3.00. The number of nitrogens with zero attached hydrogens (tertiary/aromatic N) is 3. The summed E-state index contributed by atoms with van der Waals surface area (Å²) in [7, 11) is 0. The van der Waals surface area contributed by atoms with Crippen LogP contribution in [0.15, 0.2) is 0 Å². The maximum absolute atomic E-state index is 12.0. The van der Waals surface area contributed by atoms with E-state index in [1.165, 1.54) is 0 Å². The molecule has 0 aliphatic carbocycles. The summed E-state index contributed by atoms with van der Waals surface area (Å²) in [6.45, 7) is 8.22. The SMILES string of the molecule is Cc1nc2c(c(N3C[C@@H](C)O[C@@H](C)C3)n1)CCNC2=O. The van der Waals surface area contributed by atoms with Crippen LogP contribution in [0.25, 0.3) is 0 Å². The monoisotopic (exact) mass is 276 g/mol. The van der Waals surface area contributed by atoms with E-state index in [9.17, 15) is 4.79 Å². The zero-order valence-electron chi connectivity index (χ0n) is 12.1. The van der Waals surface area contributed by atoms with Crippen LogP contribution < -0.4 is 10.2 Å². The highest BCUT2D eigenvalue weighted by atomic mass is 16.5. The van der Waals surface area contributed by atoms with Crippen LogP contribution in [0.2, 0.25) is 0 Å². The van der Waals surface area contributed by atoms with E-state index < -0.39 is 0 Å². The van der Waals surface area contributed by atoms with E-state index in [0.29, 0.717) is 18.1 Å². The highest BCUT2D eigenvalue weighted by Gasteiger charge is 2.29. The Balaban J connectivity index is 2.02. The molecule has 2 aliphatic heterocycles. The molecule has 1 aromatic rings. The Morgan fingerprint density at radius 3 is 2.65 bits per heavy atom. The Kier molecular flexibility index (Phi) is 3.33. The molecule has 1 N–H and O–H groups in total. The number of carbonyl (C=O) groups is 1. The summed E-state index contributed by atoms with van der Waals surface area (Å²) in [6, 6.07) is 0. The fraction of sp³-hybridized carbons (Fsp3) is 0.643. The van der Waals surface area contributed by atoms with E-state index in [-0.39, 0.29) is 18.1 Å². The van der Waals surface area contributed by atoms with Gasteiger partial charge in [0.15, 0.2) is 0 Å². The third-order valence-corrected chi connectivity index (χ3v) is 3.69. The van der Waals surface area contributed by atoms with E-state index in [4.69, 9.17) is 4.74 Å². The molecule has 3 rings (SSSR count). The standard InChI is InChI=1S/C14H20N4O2/c1-8-6-18(7-9(2)20-8)13-11-4-5-15-14(19)12(11)16-10(3)17-13/h8-9H,4-7H2,1-3H3,(H,15,19)/t8-,9+. The number of aromatic nitrogens is 2. The molecule has 6 nitrogen and oxygen atoms in total. The predicted octanol–water partition coefficient (Wildman–Crippen LogP) is 0.685. The number of aryl methyl sites for hydroxylation is 1. The van der Waals surface area contributed by atoms with Gasteiger partial charge in [-0.3, -0.25) is 4.79 Å². The van der Waals surface area contributed by atoms with Gasteiger partial charge in [0.05, 0.1) is 12.2 Å². The zero-order chi connectivity index (χ0) is 14.3. The molecule has 0 aromatic carbocycles. The lowest BCUT2D eigenvalue weighted by atomic mass is 10.0. The number of hydrogen-bond acceptors (Lipinski definition) is 5. The van der Waals surface area contributed by atoms with Gasteiger partial charge in [0.2, 0.25) is 0 Å². The largest absolute Gasteiger partial charge is 0.372 e. The molecule has 0 saturated carbocycles. The Labute approximate surface area is 118 Å². The molecule has 2 aliphatic rings. The van der Waals surface area contributed by atoms with Gasteiger partial charge < -0.3 is 15.0 Å². The molecule has 108 valence electrons. The summed E-state index contributed by atoms with van der Waals surface area (Å²) < 4.78 is 5.77. The second-order valence-corrected chi connectivity index (χ2v) is 5.59. The van der Waals surface area contributed by atoms with Gasteiger partial charge in [-0.15, -0.1) is 0 Å². The van der Waals surface area contributed by atoms with Crippen molar-refractivity contribution >= 4 is 11.7 Å². The first-order valence-electron chi connectivity index (χ1n) is 7.10. The van der Waals surface area contributed by atoms with Crippen LogP contribution in [-0.2, 0) is 11.2 Å². The van der Waals surface area contributed by atoms with Crippen LogP contribution in [0.5, 0.6) is 0 Å². The first kappa shape index (κ1) is 13.3. The van der Waals surface area contributed by atoms with Crippen LogP contribution >= 0.6 is 0 Å². The highest BCUT2D eigenvalue weighted by molar-refractivity contribution is 5.96. The van der Waals surface area contributed by atoms with Crippen molar-refractivity contribution in [1.29, 1.82) is 0 Å². The molecular weight excluding hydrogens is 256 g/mol. The Morgan fingerprint density at radius 2 is 1.95 bits per heavy atom. The molecule has 20 heavy (non-hydrogen) atoms. The number of hydrogen-bond donors (Lipinski definition) is 1. The van der Waals surface area contributed by atoms with Gasteiger partial charge in [0.25, 0.3) is 5.91 Å². The van der Waals surface area contributed by atoms with Crippen molar-refractivity contribution in [1.82, 2.24) is 15.3 Å². The van der Waals surface area contributed by atoms with Crippen molar-refractivity contribution in [2.45, 2.75) is 39.4 Å². The van der Waals surface area contributed by atoms with Gasteiger partial charge in [-0.1, -0.05) is 0 Å². The van der Waals surface area contributed by atoms with Crippen molar-refractivity contribution in [3.8, 4) is 0 Å². The quantitative estimate of drug-likeness (QED) is 0.817. The number of fused-ring (bicyclic) bond motifs is 1. The minimum absolute atomic E-state index is 0.0904. The molecular formula is C14H20N4O2. The van der Waals surface area contributed by atoms with Crippen molar-refractivity contribution in [2.24, 2.45) is 0 Å². The number of carbonyl (C=O) groups excluding carboxylic acids is 1. The molecule has 0 spiro atoms. The molecule has 0 radical (unpaired) electrons. The van der Waals surface area contributed by atoms with Gasteiger partial charge in [-0.2, -0.15) is 0 Å². The average molecular weight is 276 g/mol. The maximum atomic E-state index is 12.0. The number of anilines is 1. The number of amides is 1. The first-order valence-corrected chi connectivity index (χ1v) is 7.10. The summed E-state index contributed by atoms with van der Waals surface area (Å²) in [5, 5.41) is 2.84. The van der Waals surface area contributed by atoms with Crippen LogP contribution in [0, 0.1) is 6.92 Å². The predicted molar refractivity (Wildman–Crippen MR) is 75.0 cm³/mol. The number of ether oxygens (including phenoxy) is 1. The first-order chi connectivity index (χ1) is 9.54. The highest BCUT2D eigenvalue weighted by Crippen LogP contribution is 2.26. The Hall–Kier alpha value is -1.69. The number of nitrogens with one attached hydrogen (secondary N) is 1. The van der Waals surface area contributed by atoms with Crippen LogP contribution in [0.4, 0.5) is 5.82 Å². The number of morpholine rings is 1. The van der Waals surface area contributed by atoms with E-state index in [2.05, 4.69) is 34.0 Å². The smallest absolute Gasteiger partial charge is 0.270 e. The van der Waals surface area contributed by atoms with Crippen LogP contribution in [0.1, 0.15) is 35.7 Å². The summed E-state index contributed by atoms with van der Waals surface area (Å²) in [5.41, 5.74) is 1.51. The molecule has 1 fully saturated rings. The van der Waals surface area contributed by atoms with E-state index in [1.807, 2.05) is 6.92 Å². The van der Waals surface area contributed by atoms with Gasteiger partial charge >= 0.3 is 0 Å². The Bertz CT molecular complexity index is 536. The zero-order valence-corrected chi connectivity index (χ0v) is 12.1. The topological polar surface area (TPSA) is 67.3 Å². The van der Waals surface area contributed by atoms with Crippen molar-refractivity contribution in [2.75, 3.05) is 24.5 Å². The normalized spacial score (nSPS) is 26.1. The fourth-order valence-electron chi connectivity index (χ4n) is 3.00. The number of rotatable bonds is 1. The van der Waals surface area contributed by atoms with E-state index in [0.717, 1.165) is 30.9 Å². The molecule has 1 aromatic heterocycles. The van der Waals surface area contributed by atoms with Crippen LogP contribution in [-0.4, -0.2) is 47.7 Å². The second-order valence-electron chi connectivity index (χ2n) is 5.59. The molecule has 3 heterocycles. The van der Waals surface area contributed by atoms with Gasteiger partial charge in [0, 0.05) is 25.2 Å². The molecule has 0 bridgehead atoms. The molecule has 6 heteroatoms. The third-order valence-electron chi connectivity index (χ3n) is 3.69. The lowest BCUT2D eigenvalue weighted by molar-refractivity contribution is -0.00553. The second kappa shape index (κ2) is 5.01.